The summed E-state index contributed by atoms with van der Waals surface area (Å²) < 4.78 is 14.6. The zero-order valence-corrected chi connectivity index (χ0v) is 19.5. The van der Waals surface area contributed by atoms with Crippen LogP contribution in [-0.4, -0.2) is 34.9 Å². The van der Waals surface area contributed by atoms with E-state index < -0.39 is 0 Å². The molecule has 31 heavy (non-hydrogen) atoms. The molecule has 158 valence electrons. The highest BCUT2D eigenvalue weighted by Gasteiger charge is 2.34. The highest BCUT2D eigenvalue weighted by Crippen LogP contribution is 2.44. The van der Waals surface area contributed by atoms with E-state index in [0.29, 0.717) is 17.4 Å². The van der Waals surface area contributed by atoms with E-state index in [1.165, 1.54) is 11.3 Å². The van der Waals surface area contributed by atoms with Gasteiger partial charge in [-0.05, 0) is 43.3 Å². The molecule has 9 heteroatoms. The molecule has 0 saturated carbocycles. The van der Waals surface area contributed by atoms with Gasteiger partial charge in [0, 0.05) is 27.9 Å². The molecule has 5 rings (SSSR count). The number of aryl methyl sites for hydroxylation is 1. The number of fused-ring (bicyclic) bond motifs is 2. The summed E-state index contributed by atoms with van der Waals surface area (Å²) in [5, 5.41) is 8.46. The number of aromatic nitrogens is 3. The second-order valence-corrected chi connectivity index (χ2v) is 9.21. The average Bonchev–Trinajstić information content (AvgIpc) is 3.33. The molecule has 2 aromatic carbocycles. The van der Waals surface area contributed by atoms with Crippen molar-refractivity contribution in [2.45, 2.75) is 19.3 Å². The van der Waals surface area contributed by atoms with Crippen LogP contribution in [0.2, 0.25) is 0 Å². The highest BCUT2D eigenvalue weighted by molar-refractivity contribution is 9.10. The minimum absolute atomic E-state index is 0.0662. The summed E-state index contributed by atoms with van der Waals surface area (Å²) >= 11 is 5.04. The van der Waals surface area contributed by atoms with Crippen LogP contribution in [0.5, 0.6) is 11.5 Å². The van der Waals surface area contributed by atoms with E-state index in [-0.39, 0.29) is 11.8 Å². The van der Waals surface area contributed by atoms with Gasteiger partial charge >= 0.3 is 0 Å². The highest BCUT2D eigenvalue weighted by atomic mass is 79.9. The number of hydrogen-bond donors (Lipinski definition) is 1. The van der Waals surface area contributed by atoms with Crippen molar-refractivity contribution in [3.8, 4) is 16.6 Å². The summed E-state index contributed by atoms with van der Waals surface area (Å²) in [6.07, 6.45) is 0.323. The molecule has 1 N–H and O–H groups in total. The molecule has 4 aromatic rings. The lowest BCUT2D eigenvalue weighted by Gasteiger charge is -2.25. The fourth-order valence-electron chi connectivity index (χ4n) is 4.04. The topological polar surface area (TPSA) is 78.3 Å². The maximum absolute atomic E-state index is 12.7. The molecule has 1 aliphatic heterocycles. The molecule has 2 aromatic heterocycles. The fraction of sp³-hybridized carbons (Fsp3) is 0.227. The van der Waals surface area contributed by atoms with Gasteiger partial charge in [-0.2, -0.15) is 9.78 Å². The SMILES string of the molecule is COc1ccc2nc(-n3nc(C)c4c3NC(=O)C[C@@H]4c3cc(Br)ccc3OC)sc2c1. The Labute approximate surface area is 191 Å². The summed E-state index contributed by atoms with van der Waals surface area (Å²) in [5.74, 6) is 1.94. The molecule has 0 saturated heterocycles. The molecule has 0 aliphatic carbocycles. The van der Waals surface area contributed by atoms with Gasteiger partial charge in [0.05, 0.1) is 30.1 Å². The lowest BCUT2D eigenvalue weighted by molar-refractivity contribution is -0.116. The maximum atomic E-state index is 12.7. The molecular weight excluding hydrogens is 480 g/mol. The number of carbonyl (C=O) groups excluding carboxylic acids is 1. The number of ether oxygens (including phenoxy) is 2. The lowest BCUT2D eigenvalue weighted by atomic mass is 9.85. The Morgan fingerprint density at radius 3 is 2.81 bits per heavy atom. The molecule has 7 nitrogen and oxygen atoms in total. The van der Waals surface area contributed by atoms with Crippen LogP contribution < -0.4 is 14.8 Å². The first kappa shape index (κ1) is 20.0. The largest absolute Gasteiger partial charge is 0.497 e. The molecule has 1 atom stereocenters. The maximum Gasteiger partial charge on any atom is 0.226 e. The number of anilines is 1. The third-order valence-corrected chi connectivity index (χ3v) is 6.92. The van der Waals surface area contributed by atoms with E-state index in [0.717, 1.165) is 43.0 Å². The van der Waals surface area contributed by atoms with Crippen LogP contribution in [0.1, 0.15) is 29.2 Å². The zero-order valence-electron chi connectivity index (χ0n) is 17.1. The number of carbonyl (C=O) groups is 1. The van der Waals surface area contributed by atoms with Crippen molar-refractivity contribution in [2.75, 3.05) is 19.5 Å². The quantitative estimate of drug-likeness (QED) is 0.426. The van der Waals surface area contributed by atoms with Crippen molar-refractivity contribution in [3.63, 3.8) is 0 Å². The summed E-state index contributed by atoms with van der Waals surface area (Å²) in [5.41, 5.74) is 3.63. The van der Waals surface area contributed by atoms with E-state index in [1.54, 1.807) is 18.9 Å². The van der Waals surface area contributed by atoms with Gasteiger partial charge in [0.25, 0.3) is 0 Å². The Morgan fingerprint density at radius 1 is 1.19 bits per heavy atom. The van der Waals surface area contributed by atoms with Gasteiger partial charge in [0.1, 0.15) is 17.3 Å². The van der Waals surface area contributed by atoms with Gasteiger partial charge in [0.15, 0.2) is 0 Å². The smallest absolute Gasteiger partial charge is 0.226 e. The molecule has 0 fully saturated rings. The minimum atomic E-state index is -0.167. The molecule has 0 spiro atoms. The molecule has 0 radical (unpaired) electrons. The molecule has 1 amide bonds. The number of benzene rings is 2. The van der Waals surface area contributed by atoms with Crippen LogP contribution in [0, 0.1) is 6.92 Å². The molecular formula is C22H19BrN4O3S. The first-order valence-corrected chi connectivity index (χ1v) is 11.3. The fourth-order valence-corrected chi connectivity index (χ4v) is 5.37. The third-order valence-electron chi connectivity index (χ3n) is 5.44. The van der Waals surface area contributed by atoms with Crippen LogP contribution in [0.3, 0.4) is 0 Å². The first-order chi connectivity index (χ1) is 15.0. The van der Waals surface area contributed by atoms with Crippen LogP contribution >= 0.6 is 27.3 Å². The van der Waals surface area contributed by atoms with Gasteiger partial charge in [-0.15, -0.1) is 0 Å². The van der Waals surface area contributed by atoms with Crippen LogP contribution in [0.15, 0.2) is 40.9 Å². The van der Waals surface area contributed by atoms with Crippen LogP contribution in [0.4, 0.5) is 5.82 Å². The Balaban J connectivity index is 1.67. The van der Waals surface area contributed by atoms with E-state index >= 15 is 0 Å². The monoisotopic (exact) mass is 498 g/mol. The first-order valence-electron chi connectivity index (χ1n) is 9.66. The number of thiazole rings is 1. The average molecular weight is 499 g/mol. The van der Waals surface area contributed by atoms with Gasteiger partial charge < -0.3 is 14.8 Å². The van der Waals surface area contributed by atoms with Gasteiger partial charge in [-0.1, -0.05) is 27.3 Å². The molecule has 3 heterocycles. The second kappa shape index (κ2) is 7.65. The second-order valence-electron chi connectivity index (χ2n) is 7.28. The van der Waals surface area contributed by atoms with Crippen molar-refractivity contribution in [1.82, 2.24) is 14.8 Å². The van der Waals surface area contributed by atoms with E-state index in [9.17, 15) is 4.79 Å². The van der Waals surface area contributed by atoms with E-state index in [2.05, 4.69) is 21.2 Å². The van der Waals surface area contributed by atoms with Crippen molar-refractivity contribution < 1.29 is 14.3 Å². The Hall–Kier alpha value is -2.91. The number of hydrogen-bond acceptors (Lipinski definition) is 6. The van der Waals surface area contributed by atoms with Crippen molar-refractivity contribution >= 4 is 49.2 Å². The van der Waals surface area contributed by atoms with Crippen LogP contribution in [-0.2, 0) is 4.79 Å². The Bertz CT molecular complexity index is 1330. The van der Waals surface area contributed by atoms with Crippen molar-refractivity contribution in [1.29, 1.82) is 0 Å². The van der Waals surface area contributed by atoms with E-state index in [4.69, 9.17) is 19.6 Å². The third kappa shape index (κ3) is 3.37. The number of nitrogens with one attached hydrogen (secondary N) is 1. The summed E-state index contributed by atoms with van der Waals surface area (Å²) in [6.45, 7) is 1.96. The number of methoxy groups -OCH3 is 2. The molecule has 0 unspecified atom stereocenters. The Kier molecular flexibility index (Phi) is 4.94. The lowest BCUT2D eigenvalue weighted by Crippen LogP contribution is -2.25. The van der Waals surface area contributed by atoms with Gasteiger partial charge in [-0.3, -0.25) is 4.79 Å². The van der Waals surface area contributed by atoms with E-state index in [1.807, 2.05) is 43.3 Å². The van der Waals surface area contributed by atoms with Gasteiger partial charge in [0.2, 0.25) is 11.0 Å². The van der Waals surface area contributed by atoms with Gasteiger partial charge in [-0.25, -0.2) is 4.98 Å². The van der Waals surface area contributed by atoms with Crippen molar-refractivity contribution in [2.24, 2.45) is 0 Å². The predicted octanol–water partition coefficient (Wildman–Crippen LogP) is 5.04. The zero-order chi connectivity index (χ0) is 21.7. The number of rotatable bonds is 4. The Morgan fingerprint density at radius 2 is 2.03 bits per heavy atom. The minimum Gasteiger partial charge on any atom is -0.497 e. The normalized spacial score (nSPS) is 15.6. The number of nitrogens with zero attached hydrogens (tertiary/aromatic N) is 3. The predicted molar refractivity (Wildman–Crippen MR) is 124 cm³/mol. The number of halogens is 1. The molecule has 0 bridgehead atoms. The summed E-state index contributed by atoms with van der Waals surface area (Å²) in [6, 6.07) is 11.6. The summed E-state index contributed by atoms with van der Waals surface area (Å²) in [7, 11) is 3.28. The van der Waals surface area contributed by atoms with Crippen molar-refractivity contribution in [3.05, 3.63) is 57.7 Å². The standard InChI is InChI=1S/C22H19BrN4O3S/c1-11-20-15(14-8-12(23)4-7-17(14)30-3)10-19(28)25-21(20)27(26-11)22-24-16-6-5-13(29-2)9-18(16)31-22/h4-9,15H,10H2,1-3H3,(H,25,28)/t15-/m1/s1. The molecule has 1 aliphatic rings. The summed E-state index contributed by atoms with van der Waals surface area (Å²) in [4.78, 5) is 17.4. The van der Waals surface area contributed by atoms with Crippen LogP contribution in [0.25, 0.3) is 15.3 Å². The number of amides is 1.